The van der Waals surface area contributed by atoms with E-state index in [-0.39, 0.29) is 5.75 Å². The van der Waals surface area contributed by atoms with Crippen LogP contribution in [0.4, 0.5) is 10.5 Å². The van der Waals surface area contributed by atoms with Crippen LogP contribution in [0.25, 0.3) is 0 Å². The van der Waals surface area contributed by atoms with E-state index in [1.807, 2.05) is 6.92 Å². The largest absolute Gasteiger partial charge is 0.545 e. The Hall–Kier alpha value is -2.64. The topological polar surface area (TPSA) is 119 Å². The summed E-state index contributed by atoms with van der Waals surface area (Å²) in [5.41, 5.74) is -2.07. The van der Waals surface area contributed by atoms with E-state index >= 15 is 0 Å². The first-order valence-electron chi connectivity index (χ1n) is 6.07. The van der Waals surface area contributed by atoms with Crippen LogP contribution in [0.3, 0.4) is 0 Å². The lowest BCUT2D eigenvalue weighted by atomic mass is 10.1. The molecule has 8 heteroatoms. The van der Waals surface area contributed by atoms with Gasteiger partial charge in [0.15, 0.2) is 0 Å². The Morgan fingerprint density at radius 1 is 1.33 bits per heavy atom. The lowest BCUT2D eigenvalue weighted by Crippen LogP contribution is -2.29. The molecule has 0 unspecified atom stereocenters. The van der Waals surface area contributed by atoms with Gasteiger partial charge in [0.05, 0.1) is 16.5 Å². The second kappa shape index (κ2) is 6.21. The Morgan fingerprint density at radius 3 is 2.43 bits per heavy atom. The van der Waals surface area contributed by atoms with Crippen LogP contribution >= 0.6 is 0 Å². The van der Waals surface area contributed by atoms with Crippen molar-refractivity contribution in [2.75, 3.05) is 0 Å². The Balaban J connectivity index is 2.96. The molecule has 0 bridgehead atoms. The van der Waals surface area contributed by atoms with Gasteiger partial charge >= 0.3 is 6.16 Å². The summed E-state index contributed by atoms with van der Waals surface area (Å²) in [5, 5.41) is 21.5. The highest BCUT2D eigenvalue weighted by Crippen LogP contribution is 2.24. The zero-order valence-electron chi connectivity index (χ0n) is 11.7. The predicted molar refractivity (Wildman–Crippen MR) is 68.9 cm³/mol. The van der Waals surface area contributed by atoms with E-state index < -0.39 is 33.9 Å². The standard InChI is InChI=1S/C13H15NO7/c1-4-13(2,3)21-12(17)20-8-5-6-10(14(18)19)9(7-8)11(15)16/h5-7H,4H2,1-3H3,(H,15,16)/p-1. The SMILES string of the molecule is CCC(C)(C)OC(=O)Oc1ccc([N+](=O)[O-])c(C(=O)[O-])c1. The summed E-state index contributed by atoms with van der Waals surface area (Å²) in [6.07, 6.45) is -0.480. The fourth-order valence-corrected chi connectivity index (χ4v) is 1.32. The maximum atomic E-state index is 11.5. The number of carboxylic acids is 1. The van der Waals surface area contributed by atoms with Crippen LogP contribution in [0.1, 0.15) is 37.6 Å². The summed E-state index contributed by atoms with van der Waals surface area (Å²) in [6.45, 7) is 5.17. The van der Waals surface area contributed by atoms with Gasteiger partial charge in [-0.2, -0.15) is 0 Å². The van der Waals surface area contributed by atoms with Crippen molar-refractivity contribution >= 4 is 17.8 Å². The van der Waals surface area contributed by atoms with E-state index in [1.54, 1.807) is 13.8 Å². The van der Waals surface area contributed by atoms with E-state index in [0.29, 0.717) is 6.42 Å². The highest BCUT2D eigenvalue weighted by molar-refractivity contribution is 5.91. The third-order valence-electron chi connectivity index (χ3n) is 2.80. The Morgan fingerprint density at radius 2 is 1.95 bits per heavy atom. The molecule has 0 aliphatic carbocycles. The molecule has 114 valence electrons. The predicted octanol–water partition coefficient (Wildman–Crippen LogP) is 1.66. The van der Waals surface area contributed by atoms with Gasteiger partial charge in [-0.1, -0.05) is 6.92 Å². The van der Waals surface area contributed by atoms with Crippen molar-refractivity contribution in [3.8, 4) is 5.75 Å². The minimum Gasteiger partial charge on any atom is -0.545 e. The lowest BCUT2D eigenvalue weighted by molar-refractivity contribution is -0.385. The van der Waals surface area contributed by atoms with Gasteiger partial charge in [0.1, 0.15) is 11.4 Å². The number of benzene rings is 1. The summed E-state index contributed by atoms with van der Waals surface area (Å²) in [5.74, 6) is -1.92. The quantitative estimate of drug-likeness (QED) is 0.351. The number of rotatable bonds is 5. The molecule has 0 heterocycles. The van der Waals surface area contributed by atoms with E-state index in [1.165, 1.54) is 0 Å². The number of carbonyl (C=O) groups is 2. The van der Waals surface area contributed by atoms with Crippen molar-refractivity contribution in [1.29, 1.82) is 0 Å². The fraction of sp³-hybridized carbons (Fsp3) is 0.385. The van der Waals surface area contributed by atoms with Gasteiger partial charge in [-0.25, -0.2) is 4.79 Å². The van der Waals surface area contributed by atoms with Crippen molar-refractivity contribution in [3.63, 3.8) is 0 Å². The molecule has 0 fully saturated rings. The summed E-state index contributed by atoms with van der Waals surface area (Å²) < 4.78 is 9.81. The van der Waals surface area contributed by atoms with Gasteiger partial charge in [0, 0.05) is 6.07 Å². The summed E-state index contributed by atoms with van der Waals surface area (Å²) >= 11 is 0. The van der Waals surface area contributed by atoms with Crippen LogP contribution < -0.4 is 9.84 Å². The molecule has 0 saturated carbocycles. The summed E-state index contributed by atoms with van der Waals surface area (Å²) in [6, 6.07) is 2.86. The molecule has 0 aliphatic heterocycles. The third-order valence-corrected chi connectivity index (χ3v) is 2.80. The van der Waals surface area contributed by atoms with E-state index in [4.69, 9.17) is 9.47 Å². The average molecular weight is 296 g/mol. The zero-order chi connectivity index (χ0) is 16.2. The molecule has 0 N–H and O–H groups in total. The van der Waals surface area contributed by atoms with Crippen LogP contribution in [-0.2, 0) is 4.74 Å². The molecular formula is C13H14NO7-. The Kier molecular flexibility index (Phi) is 4.85. The molecule has 0 aromatic heterocycles. The van der Waals surface area contributed by atoms with Crippen LogP contribution in [0.5, 0.6) is 5.75 Å². The normalized spacial score (nSPS) is 10.8. The zero-order valence-corrected chi connectivity index (χ0v) is 11.7. The van der Waals surface area contributed by atoms with Gasteiger partial charge in [-0.05, 0) is 32.4 Å². The summed E-state index contributed by atoms with van der Waals surface area (Å²) in [7, 11) is 0. The molecule has 0 saturated heterocycles. The first-order valence-corrected chi connectivity index (χ1v) is 6.07. The number of aromatic carboxylic acids is 1. The first kappa shape index (κ1) is 16.4. The monoisotopic (exact) mass is 296 g/mol. The van der Waals surface area contributed by atoms with Crippen LogP contribution in [-0.4, -0.2) is 22.6 Å². The Labute approximate surface area is 120 Å². The molecular weight excluding hydrogens is 282 g/mol. The lowest BCUT2D eigenvalue weighted by Gasteiger charge is -2.22. The van der Waals surface area contributed by atoms with Gasteiger partial charge in [0.2, 0.25) is 0 Å². The minimum atomic E-state index is -1.74. The third kappa shape index (κ3) is 4.44. The van der Waals surface area contributed by atoms with Crippen LogP contribution in [0, 0.1) is 10.1 Å². The van der Waals surface area contributed by atoms with Crippen molar-refractivity contribution in [3.05, 3.63) is 33.9 Å². The number of carboxylic acid groups (broad SMARTS) is 1. The van der Waals surface area contributed by atoms with Crippen molar-refractivity contribution in [2.45, 2.75) is 32.8 Å². The maximum Gasteiger partial charge on any atom is 0.514 e. The number of ether oxygens (including phenoxy) is 2. The molecule has 21 heavy (non-hydrogen) atoms. The molecule has 1 aromatic carbocycles. The van der Waals surface area contributed by atoms with E-state index in [0.717, 1.165) is 18.2 Å². The van der Waals surface area contributed by atoms with E-state index in [2.05, 4.69) is 0 Å². The van der Waals surface area contributed by atoms with Crippen molar-refractivity contribution < 1.29 is 29.1 Å². The number of hydrogen-bond acceptors (Lipinski definition) is 7. The Bertz CT molecular complexity index is 580. The second-order valence-corrected chi connectivity index (χ2v) is 4.79. The molecule has 0 spiro atoms. The second-order valence-electron chi connectivity index (χ2n) is 4.79. The van der Waals surface area contributed by atoms with E-state index in [9.17, 15) is 24.8 Å². The highest BCUT2D eigenvalue weighted by atomic mass is 16.7. The number of nitro groups is 1. The van der Waals surface area contributed by atoms with Crippen LogP contribution in [0.2, 0.25) is 0 Å². The number of nitro benzene ring substituents is 1. The molecule has 1 rings (SSSR count). The number of hydrogen-bond donors (Lipinski definition) is 0. The smallest absolute Gasteiger partial charge is 0.514 e. The molecule has 8 nitrogen and oxygen atoms in total. The van der Waals surface area contributed by atoms with Gasteiger partial charge in [-0.3, -0.25) is 10.1 Å². The molecule has 1 aromatic rings. The maximum absolute atomic E-state index is 11.5. The molecule has 0 atom stereocenters. The van der Waals surface area contributed by atoms with Crippen molar-refractivity contribution in [2.24, 2.45) is 0 Å². The van der Waals surface area contributed by atoms with Crippen LogP contribution in [0.15, 0.2) is 18.2 Å². The van der Waals surface area contributed by atoms with Gasteiger partial charge in [-0.15, -0.1) is 0 Å². The van der Waals surface area contributed by atoms with Gasteiger partial charge < -0.3 is 19.4 Å². The molecule has 0 radical (unpaired) electrons. The van der Waals surface area contributed by atoms with Gasteiger partial charge in [0.25, 0.3) is 5.69 Å². The number of carbonyl (C=O) groups excluding carboxylic acids is 2. The number of nitrogens with zero attached hydrogens (tertiary/aromatic N) is 1. The fourth-order valence-electron chi connectivity index (χ4n) is 1.32. The van der Waals surface area contributed by atoms with Crippen molar-refractivity contribution in [1.82, 2.24) is 0 Å². The average Bonchev–Trinajstić information content (AvgIpc) is 2.37. The highest BCUT2D eigenvalue weighted by Gasteiger charge is 2.23. The first-order chi connectivity index (χ1) is 9.66. The summed E-state index contributed by atoms with van der Waals surface area (Å²) in [4.78, 5) is 32.2. The molecule has 0 amide bonds. The molecule has 0 aliphatic rings. The minimum absolute atomic E-state index is 0.184.